The van der Waals surface area contributed by atoms with Crippen molar-refractivity contribution in [2.75, 3.05) is 13.1 Å². The summed E-state index contributed by atoms with van der Waals surface area (Å²) in [6.45, 7) is 0.989. The highest BCUT2D eigenvalue weighted by Gasteiger charge is 2.26. The van der Waals surface area contributed by atoms with Gasteiger partial charge in [-0.15, -0.1) is 0 Å². The molecule has 0 radical (unpaired) electrons. The zero-order valence-electron chi connectivity index (χ0n) is 15.4. The van der Waals surface area contributed by atoms with Gasteiger partial charge in [0.1, 0.15) is 0 Å². The maximum atomic E-state index is 12.8. The number of piperidine rings is 1. The number of hydrazine groups is 1. The molecule has 0 aromatic heterocycles. The molecule has 2 N–H and O–H groups in total. The summed E-state index contributed by atoms with van der Waals surface area (Å²) in [7, 11) is -3.62. The first-order valence-electron chi connectivity index (χ1n) is 9.20. The Morgan fingerprint density at radius 2 is 1.61 bits per heavy atom. The van der Waals surface area contributed by atoms with Gasteiger partial charge in [-0.05, 0) is 36.6 Å². The fraction of sp³-hybridized carbons (Fsp3) is 0.300. The lowest BCUT2D eigenvalue weighted by Crippen LogP contribution is -2.42. The first-order chi connectivity index (χ1) is 13.5. The molecule has 1 saturated heterocycles. The molecule has 1 aliphatic heterocycles. The fourth-order valence-electron chi connectivity index (χ4n) is 3.08. The van der Waals surface area contributed by atoms with E-state index in [1.165, 1.54) is 28.6 Å². The third-order valence-corrected chi connectivity index (χ3v) is 6.47. The standard InChI is InChI=1S/C20H23N3O4S/c24-19(14-16-8-3-1-4-9-16)21-22-20(25)17-10-7-11-18(15-17)28(26,27)23-12-5-2-6-13-23/h1,3-4,7-11,15H,2,5-6,12-14H2,(H,21,24)(H,22,25). The molecule has 148 valence electrons. The number of benzene rings is 2. The number of carbonyl (C=O) groups is 2. The number of hydrogen-bond donors (Lipinski definition) is 2. The minimum absolute atomic E-state index is 0.0812. The highest BCUT2D eigenvalue weighted by Crippen LogP contribution is 2.21. The van der Waals surface area contributed by atoms with Gasteiger partial charge in [-0.1, -0.05) is 42.8 Å². The molecule has 0 spiro atoms. The third-order valence-electron chi connectivity index (χ3n) is 4.57. The normalized spacial score (nSPS) is 15.0. The maximum absolute atomic E-state index is 12.8. The van der Waals surface area contributed by atoms with Gasteiger partial charge >= 0.3 is 0 Å². The van der Waals surface area contributed by atoms with E-state index in [-0.39, 0.29) is 22.8 Å². The van der Waals surface area contributed by atoms with E-state index in [2.05, 4.69) is 10.9 Å². The first-order valence-corrected chi connectivity index (χ1v) is 10.6. The van der Waals surface area contributed by atoms with Crippen LogP contribution in [0.1, 0.15) is 35.2 Å². The summed E-state index contributed by atoms with van der Waals surface area (Å²) in [4.78, 5) is 24.4. The fourth-order valence-corrected chi connectivity index (χ4v) is 4.64. The molecule has 2 aromatic carbocycles. The van der Waals surface area contributed by atoms with Crippen LogP contribution < -0.4 is 10.9 Å². The van der Waals surface area contributed by atoms with Crippen LogP contribution in [0.4, 0.5) is 0 Å². The van der Waals surface area contributed by atoms with Gasteiger partial charge in [-0.25, -0.2) is 8.42 Å². The highest BCUT2D eigenvalue weighted by molar-refractivity contribution is 7.89. The van der Waals surface area contributed by atoms with Crippen LogP contribution in [0.2, 0.25) is 0 Å². The van der Waals surface area contributed by atoms with Crippen LogP contribution in [0.3, 0.4) is 0 Å². The van der Waals surface area contributed by atoms with E-state index in [1.807, 2.05) is 30.3 Å². The van der Waals surface area contributed by atoms with Crippen molar-refractivity contribution in [3.8, 4) is 0 Å². The molecule has 0 aliphatic carbocycles. The topological polar surface area (TPSA) is 95.6 Å². The number of nitrogens with one attached hydrogen (secondary N) is 2. The highest BCUT2D eigenvalue weighted by atomic mass is 32.2. The van der Waals surface area contributed by atoms with Gasteiger partial charge in [0, 0.05) is 18.7 Å². The lowest BCUT2D eigenvalue weighted by molar-refractivity contribution is -0.121. The van der Waals surface area contributed by atoms with E-state index < -0.39 is 15.9 Å². The Hall–Kier alpha value is -2.71. The van der Waals surface area contributed by atoms with Crippen molar-refractivity contribution in [3.63, 3.8) is 0 Å². The van der Waals surface area contributed by atoms with Crippen molar-refractivity contribution in [1.29, 1.82) is 0 Å². The number of rotatable bonds is 5. The Labute approximate surface area is 164 Å². The van der Waals surface area contributed by atoms with E-state index in [4.69, 9.17) is 0 Å². The summed E-state index contributed by atoms with van der Waals surface area (Å²) in [6, 6.07) is 15.0. The predicted molar refractivity (Wildman–Crippen MR) is 105 cm³/mol. The largest absolute Gasteiger partial charge is 0.273 e. The van der Waals surface area contributed by atoms with E-state index in [9.17, 15) is 18.0 Å². The van der Waals surface area contributed by atoms with Crippen molar-refractivity contribution >= 4 is 21.8 Å². The number of hydrogen-bond acceptors (Lipinski definition) is 4. The summed E-state index contributed by atoms with van der Waals surface area (Å²) in [5, 5.41) is 0. The van der Waals surface area contributed by atoms with Gasteiger partial charge in [0.15, 0.2) is 0 Å². The molecule has 2 amide bonds. The molecular formula is C20H23N3O4S. The van der Waals surface area contributed by atoms with Crippen LogP contribution >= 0.6 is 0 Å². The molecule has 7 nitrogen and oxygen atoms in total. The third kappa shape index (κ3) is 4.96. The van der Waals surface area contributed by atoms with Crippen LogP contribution in [-0.2, 0) is 21.2 Å². The number of amides is 2. The molecule has 8 heteroatoms. The molecule has 3 rings (SSSR count). The Morgan fingerprint density at radius 3 is 2.32 bits per heavy atom. The zero-order valence-corrected chi connectivity index (χ0v) is 16.2. The van der Waals surface area contributed by atoms with Crippen LogP contribution in [-0.4, -0.2) is 37.6 Å². The summed E-state index contributed by atoms with van der Waals surface area (Å²) in [5.74, 6) is -0.936. The van der Waals surface area contributed by atoms with E-state index in [0.29, 0.717) is 13.1 Å². The Kier molecular flexibility index (Phi) is 6.43. The van der Waals surface area contributed by atoms with Crippen molar-refractivity contribution in [1.82, 2.24) is 15.2 Å². The van der Waals surface area contributed by atoms with Crippen molar-refractivity contribution in [3.05, 3.63) is 65.7 Å². The van der Waals surface area contributed by atoms with Crippen molar-refractivity contribution in [2.24, 2.45) is 0 Å². The number of sulfonamides is 1. The second-order valence-corrected chi connectivity index (χ2v) is 8.60. The number of nitrogens with zero attached hydrogens (tertiary/aromatic N) is 1. The summed E-state index contributed by atoms with van der Waals surface area (Å²) in [6.07, 6.45) is 2.83. The SMILES string of the molecule is O=C(Cc1ccccc1)NNC(=O)c1cccc(S(=O)(=O)N2CCCCC2)c1. The molecular weight excluding hydrogens is 378 g/mol. The van der Waals surface area contributed by atoms with Gasteiger partial charge in [-0.2, -0.15) is 4.31 Å². The van der Waals surface area contributed by atoms with Gasteiger partial charge in [-0.3, -0.25) is 20.4 Å². The molecule has 0 atom stereocenters. The second-order valence-electron chi connectivity index (χ2n) is 6.66. The minimum Gasteiger partial charge on any atom is -0.273 e. The molecule has 0 unspecified atom stereocenters. The summed E-state index contributed by atoms with van der Waals surface area (Å²) in [5.41, 5.74) is 5.67. The first kappa shape index (κ1) is 20.0. The summed E-state index contributed by atoms with van der Waals surface area (Å²) < 4.78 is 27.0. The monoisotopic (exact) mass is 401 g/mol. The van der Waals surface area contributed by atoms with Gasteiger partial charge < -0.3 is 0 Å². The molecule has 1 fully saturated rings. The van der Waals surface area contributed by atoms with E-state index in [1.54, 1.807) is 0 Å². The van der Waals surface area contributed by atoms with Gasteiger partial charge in [0.25, 0.3) is 5.91 Å². The Morgan fingerprint density at radius 1 is 0.893 bits per heavy atom. The lowest BCUT2D eigenvalue weighted by Gasteiger charge is -2.26. The van der Waals surface area contributed by atoms with Crippen LogP contribution in [0.5, 0.6) is 0 Å². The summed E-state index contributed by atoms with van der Waals surface area (Å²) >= 11 is 0. The lowest BCUT2D eigenvalue weighted by atomic mass is 10.1. The average Bonchev–Trinajstić information content (AvgIpc) is 2.73. The van der Waals surface area contributed by atoms with Crippen molar-refractivity contribution in [2.45, 2.75) is 30.6 Å². The average molecular weight is 401 g/mol. The number of carbonyl (C=O) groups excluding carboxylic acids is 2. The molecule has 0 saturated carbocycles. The van der Waals surface area contributed by atoms with Crippen LogP contribution in [0, 0.1) is 0 Å². The molecule has 1 aliphatic rings. The van der Waals surface area contributed by atoms with Gasteiger partial charge in [0.2, 0.25) is 15.9 Å². The smallest absolute Gasteiger partial charge is 0.269 e. The minimum atomic E-state index is -3.62. The predicted octanol–water partition coefficient (Wildman–Crippen LogP) is 1.86. The zero-order chi connectivity index (χ0) is 20.0. The van der Waals surface area contributed by atoms with Crippen LogP contribution in [0.25, 0.3) is 0 Å². The van der Waals surface area contributed by atoms with Crippen molar-refractivity contribution < 1.29 is 18.0 Å². The maximum Gasteiger partial charge on any atom is 0.269 e. The van der Waals surface area contributed by atoms with Gasteiger partial charge in [0.05, 0.1) is 11.3 Å². The molecule has 28 heavy (non-hydrogen) atoms. The van der Waals surface area contributed by atoms with E-state index in [0.717, 1.165) is 24.8 Å². The van der Waals surface area contributed by atoms with Crippen LogP contribution in [0.15, 0.2) is 59.5 Å². The second kappa shape index (κ2) is 8.99. The molecule has 1 heterocycles. The molecule has 0 bridgehead atoms. The van der Waals surface area contributed by atoms with E-state index >= 15 is 0 Å². The quantitative estimate of drug-likeness (QED) is 0.748. The Bertz CT molecular complexity index is 939. The molecule has 2 aromatic rings. The Balaban J connectivity index is 1.63.